The molecule has 0 saturated heterocycles. The number of carbonyl (C=O) groups is 3. The number of carbonyl (C=O) groups excluding carboxylic acids is 2. The molecule has 4 N–H and O–H groups in total. The first-order valence-electron chi connectivity index (χ1n) is 9.60. The Morgan fingerprint density at radius 2 is 2.14 bits per heavy atom. The molecule has 3 amide bonds. The summed E-state index contributed by atoms with van der Waals surface area (Å²) in [7, 11) is 0. The van der Waals surface area contributed by atoms with Crippen molar-refractivity contribution >= 4 is 23.7 Å². The van der Waals surface area contributed by atoms with Gasteiger partial charge < -0.3 is 25.7 Å². The molecule has 10 nitrogen and oxygen atoms in total. The van der Waals surface area contributed by atoms with Crippen molar-refractivity contribution in [2.24, 2.45) is 0 Å². The van der Waals surface area contributed by atoms with E-state index in [0.29, 0.717) is 19.4 Å². The number of aryl methyl sites for hydroxylation is 2. The molecule has 2 aliphatic rings. The number of anilines is 1. The molecule has 1 aromatic rings. The van der Waals surface area contributed by atoms with Gasteiger partial charge in [-0.15, -0.1) is 0 Å². The number of hydrogen-bond acceptors (Lipinski definition) is 6. The molecule has 29 heavy (non-hydrogen) atoms. The summed E-state index contributed by atoms with van der Waals surface area (Å²) in [5, 5.41) is 24.3. The number of fused-ring (bicyclic) bond motifs is 1. The summed E-state index contributed by atoms with van der Waals surface area (Å²) in [6, 6.07) is 2.41. The number of aliphatic hydroxyl groups excluding tert-OH is 1. The van der Waals surface area contributed by atoms with E-state index in [2.05, 4.69) is 21.7 Å². The number of carboxylic acid groups (broad SMARTS) is 1. The van der Waals surface area contributed by atoms with Crippen molar-refractivity contribution in [3.8, 4) is 0 Å². The van der Waals surface area contributed by atoms with E-state index >= 15 is 0 Å². The summed E-state index contributed by atoms with van der Waals surface area (Å²) in [4.78, 5) is 42.1. The highest BCUT2D eigenvalue weighted by Gasteiger charge is 2.34. The van der Waals surface area contributed by atoms with Crippen LogP contribution in [0.4, 0.5) is 10.6 Å². The van der Waals surface area contributed by atoms with E-state index in [1.54, 1.807) is 0 Å². The zero-order chi connectivity index (χ0) is 20.8. The minimum absolute atomic E-state index is 0.376. The Kier molecular flexibility index (Phi) is 6.65. The molecule has 0 unspecified atom stereocenters. The Balaban J connectivity index is 1.50. The third kappa shape index (κ3) is 5.02. The average Bonchev–Trinajstić information content (AvgIpc) is 2.72. The Labute approximate surface area is 168 Å². The molecule has 0 aliphatic carbocycles. The first-order chi connectivity index (χ1) is 14.0. The number of urea groups is 1. The van der Waals surface area contributed by atoms with Crippen molar-refractivity contribution in [2.75, 3.05) is 31.6 Å². The van der Waals surface area contributed by atoms with Crippen molar-refractivity contribution < 1.29 is 24.6 Å². The number of nitrogens with zero attached hydrogens (tertiary/aromatic N) is 3. The second-order valence-corrected chi connectivity index (χ2v) is 6.94. The van der Waals surface area contributed by atoms with Crippen LogP contribution in [0.2, 0.25) is 0 Å². The highest BCUT2D eigenvalue weighted by atomic mass is 16.4. The molecule has 2 aliphatic heterocycles. The molecule has 0 radical (unpaired) electrons. The van der Waals surface area contributed by atoms with Crippen LogP contribution in [-0.4, -0.2) is 75.2 Å². The highest BCUT2D eigenvalue weighted by Crippen LogP contribution is 2.20. The maximum Gasteiger partial charge on any atom is 0.323 e. The second kappa shape index (κ2) is 9.37. The zero-order valence-corrected chi connectivity index (χ0v) is 16.0. The topological polar surface area (TPSA) is 135 Å². The number of carboxylic acids is 1. The van der Waals surface area contributed by atoms with Crippen LogP contribution in [0.1, 0.15) is 24.1 Å². The number of pyridine rings is 1. The minimum Gasteiger partial charge on any atom is -0.480 e. The van der Waals surface area contributed by atoms with Crippen LogP contribution in [0.3, 0.4) is 0 Å². The second-order valence-electron chi connectivity index (χ2n) is 6.94. The van der Waals surface area contributed by atoms with Gasteiger partial charge in [0.15, 0.2) is 0 Å². The van der Waals surface area contributed by atoms with E-state index < -0.39 is 37.1 Å². The Bertz CT molecular complexity index is 812. The summed E-state index contributed by atoms with van der Waals surface area (Å²) in [6.45, 7) is 0.181. The summed E-state index contributed by atoms with van der Waals surface area (Å²) >= 11 is 0. The van der Waals surface area contributed by atoms with Gasteiger partial charge in [0.1, 0.15) is 18.4 Å². The van der Waals surface area contributed by atoms with E-state index in [4.69, 9.17) is 5.11 Å². The van der Waals surface area contributed by atoms with Gasteiger partial charge in [0, 0.05) is 31.2 Å². The predicted molar refractivity (Wildman–Crippen MR) is 104 cm³/mol. The first kappa shape index (κ1) is 20.6. The lowest BCUT2D eigenvalue weighted by Crippen LogP contribution is -2.55. The summed E-state index contributed by atoms with van der Waals surface area (Å²) in [5.74, 6) is -0.881. The van der Waals surface area contributed by atoms with E-state index in [9.17, 15) is 19.5 Å². The first-order valence-corrected chi connectivity index (χ1v) is 9.60. The largest absolute Gasteiger partial charge is 0.480 e. The van der Waals surface area contributed by atoms with Crippen molar-refractivity contribution in [2.45, 2.75) is 31.7 Å². The number of nitrogens with one attached hydrogen (secondary N) is 2. The van der Waals surface area contributed by atoms with Gasteiger partial charge in [-0.3, -0.25) is 14.5 Å². The fourth-order valence-electron chi connectivity index (χ4n) is 3.36. The standard InChI is InChI=1S/C19H25N5O5/c25-12-15-18(28)23(11-16(26)27)9-10-24(15)19(29)21-8-2-4-14-6-5-13-3-1-7-20-17(13)22-14/h5-6,9-10,15,25H,1-4,7-8,11-12H2,(H,20,22)(H,21,29)(H,26,27)/t15-/m1/s1. The monoisotopic (exact) mass is 403 g/mol. The molecular weight excluding hydrogens is 378 g/mol. The van der Waals surface area contributed by atoms with E-state index in [1.165, 1.54) is 18.0 Å². The van der Waals surface area contributed by atoms with Crippen LogP contribution in [0.5, 0.6) is 0 Å². The molecule has 3 rings (SSSR count). The summed E-state index contributed by atoms with van der Waals surface area (Å²) in [6.07, 6.45) is 6.03. The SMILES string of the molecule is O=C(O)CN1C=CN(C(=O)NCCCc2ccc3c(n2)NCCC3)[C@H](CO)C1=O. The molecule has 10 heteroatoms. The molecule has 0 spiro atoms. The maximum atomic E-state index is 12.4. The van der Waals surface area contributed by atoms with Crippen molar-refractivity contribution in [1.82, 2.24) is 20.1 Å². The Morgan fingerprint density at radius 3 is 2.90 bits per heavy atom. The third-order valence-corrected chi connectivity index (χ3v) is 4.86. The molecule has 1 aromatic heterocycles. The summed E-state index contributed by atoms with van der Waals surface area (Å²) < 4.78 is 0. The van der Waals surface area contributed by atoms with Crippen LogP contribution in [0.25, 0.3) is 0 Å². The number of aliphatic hydroxyl groups is 1. The van der Waals surface area contributed by atoms with Crippen molar-refractivity contribution in [3.05, 3.63) is 35.8 Å². The van der Waals surface area contributed by atoms with Gasteiger partial charge >= 0.3 is 12.0 Å². The average molecular weight is 403 g/mol. The molecule has 3 heterocycles. The third-order valence-electron chi connectivity index (χ3n) is 4.86. The van der Waals surface area contributed by atoms with Crippen molar-refractivity contribution in [1.29, 1.82) is 0 Å². The van der Waals surface area contributed by atoms with Gasteiger partial charge in [0.2, 0.25) is 0 Å². The molecule has 0 saturated carbocycles. The quantitative estimate of drug-likeness (QED) is 0.476. The molecule has 0 bridgehead atoms. The van der Waals surface area contributed by atoms with Crippen molar-refractivity contribution in [3.63, 3.8) is 0 Å². The lowest BCUT2D eigenvalue weighted by Gasteiger charge is -2.34. The van der Waals surface area contributed by atoms with Gasteiger partial charge in [-0.2, -0.15) is 0 Å². The Hall–Kier alpha value is -3.14. The number of rotatable bonds is 7. The number of hydrogen-bond donors (Lipinski definition) is 4. The van der Waals surface area contributed by atoms with Gasteiger partial charge in [-0.25, -0.2) is 9.78 Å². The normalized spacial score (nSPS) is 18.2. The van der Waals surface area contributed by atoms with E-state index in [1.807, 2.05) is 6.07 Å². The van der Waals surface area contributed by atoms with E-state index in [0.717, 1.165) is 40.7 Å². The minimum atomic E-state index is -1.18. The fourth-order valence-corrected chi connectivity index (χ4v) is 3.36. The lowest BCUT2D eigenvalue weighted by atomic mass is 10.1. The molecular formula is C19H25N5O5. The fraction of sp³-hybridized carbons (Fsp3) is 0.474. The predicted octanol–water partition coefficient (Wildman–Crippen LogP) is 0.143. The Morgan fingerprint density at radius 1 is 1.31 bits per heavy atom. The highest BCUT2D eigenvalue weighted by molar-refractivity contribution is 5.91. The van der Waals surface area contributed by atoms with Gasteiger partial charge in [-0.1, -0.05) is 6.07 Å². The van der Waals surface area contributed by atoms with Gasteiger partial charge in [0.25, 0.3) is 5.91 Å². The molecule has 156 valence electrons. The summed E-state index contributed by atoms with van der Waals surface area (Å²) in [5.41, 5.74) is 2.17. The van der Waals surface area contributed by atoms with Crippen LogP contribution in [0.15, 0.2) is 24.5 Å². The van der Waals surface area contributed by atoms with E-state index in [-0.39, 0.29) is 0 Å². The smallest absolute Gasteiger partial charge is 0.323 e. The van der Waals surface area contributed by atoms with Crippen LogP contribution >= 0.6 is 0 Å². The van der Waals surface area contributed by atoms with Crippen LogP contribution in [-0.2, 0) is 22.4 Å². The number of aliphatic carboxylic acids is 1. The van der Waals surface area contributed by atoms with Gasteiger partial charge in [0.05, 0.1) is 6.61 Å². The number of amides is 3. The molecule has 0 fully saturated rings. The van der Waals surface area contributed by atoms with Gasteiger partial charge in [-0.05, 0) is 37.3 Å². The maximum absolute atomic E-state index is 12.4. The molecule has 0 aromatic carbocycles. The number of aromatic nitrogens is 1. The lowest BCUT2D eigenvalue weighted by molar-refractivity contribution is -0.145. The van der Waals surface area contributed by atoms with Crippen LogP contribution < -0.4 is 10.6 Å². The molecule has 1 atom stereocenters. The van der Waals surface area contributed by atoms with Crippen LogP contribution in [0, 0.1) is 0 Å². The zero-order valence-electron chi connectivity index (χ0n) is 16.0.